The van der Waals surface area contributed by atoms with Gasteiger partial charge >= 0.3 is 0 Å². The molecule has 2 rings (SSSR count). The quantitative estimate of drug-likeness (QED) is 0.427. The fourth-order valence-electron chi connectivity index (χ4n) is 2.74. The molecule has 0 heterocycles. The first-order valence-corrected chi connectivity index (χ1v) is 9.87. The van der Waals surface area contributed by atoms with E-state index in [0.717, 1.165) is 36.1 Å². The van der Waals surface area contributed by atoms with Gasteiger partial charge in [0, 0.05) is 13.7 Å². The SMILES string of the molecule is C=C(c1ccccc1)c1ccc(CCCOCCOCCOCCOC)cc1. The van der Waals surface area contributed by atoms with Crippen molar-refractivity contribution in [3.05, 3.63) is 77.9 Å². The van der Waals surface area contributed by atoms with Crippen molar-refractivity contribution >= 4 is 5.57 Å². The average Bonchev–Trinajstić information content (AvgIpc) is 2.75. The molecule has 28 heavy (non-hydrogen) atoms. The first-order valence-electron chi connectivity index (χ1n) is 9.87. The summed E-state index contributed by atoms with van der Waals surface area (Å²) in [4.78, 5) is 0. The number of ether oxygens (including phenoxy) is 4. The molecule has 0 fully saturated rings. The summed E-state index contributed by atoms with van der Waals surface area (Å²) >= 11 is 0. The van der Waals surface area contributed by atoms with Crippen molar-refractivity contribution in [1.29, 1.82) is 0 Å². The van der Waals surface area contributed by atoms with E-state index in [1.165, 1.54) is 5.56 Å². The number of aryl methyl sites for hydroxylation is 1. The van der Waals surface area contributed by atoms with Gasteiger partial charge in [-0.1, -0.05) is 61.2 Å². The molecule has 4 nitrogen and oxygen atoms in total. The predicted octanol–water partition coefficient (Wildman–Crippen LogP) is 4.38. The standard InChI is InChI=1S/C24H32O4/c1-21(23-8-4-3-5-9-23)24-12-10-22(11-13-24)7-6-14-26-17-18-28-20-19-27-16-15-25-2/h3-5,8-13H,1,6-7,14-20H2,2H3. The van der Waals surface area contributed by atoms with Gasteiger partial charge < -0.3 is 18.9 Å². The van der Waals surface area contributed by atoms with Crippen LogP contribution in [0.25, 0.3) is 5.57 Å². The number of rotatable bonds is 15. The van der Waals surface area contributed by atoms with Crippen molar-refractivity contribution in [2.24, 2.45) is 0 Å². The average molecular weight is 385 g/mol. The lowest BCUT2D eigenvalue weighted by molar-refractivity contribution is 0.00344. The molecule has 2 aromatic rings. The van der Waals surface area contributed by atoms with Crippen LogP contribution in [0.15, 0.2) is 61.2 Å². The monoisotopic (exact) mass is 384 g/mol. The van der Waals surface area contributed by atoms with Crippen molar-refractivity contribution < 1.29 is 18.9 Å². The van der Waals surface area contributed by atoms with Gasteiger partial charge in [0.05, 0.1) is 39.6 Å². The van der Waals surface area contributed by atoms with Gasteiger partial charge in [-0.25, -0.2) is 0 Å². The molecule has 2 aromatic carbocycles. The maximum absolute atomic E-state index is 5.62. The highest BCUT2D eigenvalue weighted by Crippen LogP contribution is 2.21. The molecule has 0 saturated heterocycles. The second-order valence-corrected chi connectivity index (χ2v) is 6.47. The lowest BCUT2D eigenvalue weighted by atomic mass is 9.98. The van der Waals surface area contributed by atoms with E-state index in [4.69, 9.17) is 18.9 Å². The summed E-state index contributed by atoms with van der Waals surface area (Å²) < 4.78 is 21.3. The van der Waals surface area contributed by atoms with Crippen molar-refractivity contribution in [2.45, 2.75) is 12.8 Å². The number of hydrogen-bond acceptors (Lipinski definition) is 4. The summed E-state index contributed by atoms with van der Waals surface area (Å²) in [6.07, 6.45) is 2.01. The summed E-state index contributed by atoms with van der Waals surface area (Å²) in [5, 5.41) is 0. The molecule has 0 unspecified atom stereocenters. The maximum Gasteiger partial charge on any atom is 0.0701 e. The summed E-state index contributed by atoms with van der Waals surface area (Å²) in [7, 11) is 1.66. The lowest BCUT2D eigenvalue weighted by Crippen LogP contribution is -2.11. The van der Waals surface area contributed by atoms with E-state index in [-0.39, 0.29) is 0 Å². The minimum Gasteiger partial charge on any atom is -0.382 e. The lowest BCUT2D eigenvalue weighted by Gasteiger charge is -2.08. The number of hydrogen-bond donors (Lipinski definition) is 0. The molecule has 0 radical (unpaired) electrons. The zero-order valence-corrected chi connectivity index (χ0v) is 16.9. The molecular formula is C24H32O4. The van der Waals surface area contributed by atoms with Crippen LogP contribution in [0.5, 0.6) is 0 Å². The maximum atomic E-state index is 5.62. The number of benzene rings is 2. The molecule has 0 saturated carbocycles. The molecule has 4 heteroatoms. The Morgan fingerprint density at radius 1 is 0.679 bits per heavy atom. The van der Waals surface area contributed by atoms with Crippen LogP contribution < -0.4 is 0 Å². The van der Waals surface area contributed by atoms with E-state index >= 15 is 0 Å². The Morgan fingerprint density at radius 2 is 1.21 bits per heavy atom. The molecule has 0 N–H and O–H groups in total. The van der Waals surface area contributed by atoms with E-state index < -0.39 is 0 Å². The third-order valence-corrected chi connectivity index (χ3v) is 4.35. The molecule has 0 bridgehead atoms. The van der Waals surface area contributed by atoms with Crippen molar-refractivity contribution in [3.8, 4) is 0 Å². The fourth-order valence-corrected chi connectivity index (χ4v) is 2.74. The van der Waals surface area contributed by atoms with Gasteiger partial charge in [-0.2, -0.15) is 0 Å². The molecule has 0 amide bonds. The van der Waals surface area contributed by atoms with E-state index in [1.807, 2.05) is 18.2 Å². The molecule has 0 aromatic heterocycles. The zero-order chi connectivity index (χ0) is 19.9. The van der Waals surface area contributed by atoms with Crippen molar-refractivity contribution in [2.75, 3.05) is 53.4 Å². The molecule has 0 aliphatic carbocycles. The molecular weight excluding hydrogens is 352 g/mol. The Kier molecular flexibility index (Phi) is 11.2. The van der Waals surface area contributed by atoms with E-state index in [9.17, 15) is 0 Å². The van der Waals surface area contributed by atoms with Gasteiger partial charge in [0.2, 0.25) is 0 Å². The smallest absolute Gasteiger partial charge is 0.0701 e. The largest absolute Gasteiger partial charge is 0.382 e. The highest BCUT2D eigenvalue weighted by molar-refractivity contribution is 5.77. The van der Waals surface area contributed by atoms with Crippen LogP contribution >= 0.6 is 0 Å². The van der Waals surface area contributed by atoms with Crippen LogP contribution in [0, 0.1) is 0 Å². The number of methoxy groups -OCH3 is 1. The van der Waals surface area contributed by atoms with E-state index in [1.54, 1.807) is 7.11 Å². The van der Waals surface area contributed by atoms with Gasteiger partial charge in [-0.15, -0.1) is 0 Å². The summed E-state index contributed by atoms with van der Waals surface area (Å²) in [5.41, 5.74) is 4.69. The second kappa shape index (κ2) is 14.1. The Morgan fingerprint density at radius 3 is 1.82 bits per heavy atom. The highest BCUT2D eigenvalue weighted by atomic mass is 16.6. The minimum atomic E-state index is 0.591. The Bertz CT molecular complexity index is 652. The normalized spacial score (nSPS) is 10.9. The van der Waals surface area contributed by atoms with E-state index in [0.29, 0.717) is 39.6 Å². The molecule has 0 atom stereocenters. The Hall–Kier alpha value is -1.98. The first kappa shape index (κ1) is 22.3. The van der Waals surface area contributed by atoms with Crippen LogP contribution in [-0.4, -0.2) is 53.4 Å². The van der Waals surface area contributed by atoms with Gasteiger partial charge in [-0.3, -0.25) is 0 Å². The Balaban J connectivity index is 1.52. The predicted molar refractivity (Wildman–Crippen MR) is 114 cm³/mol. The summed E-state index contributed by atoms with van der Waals surface area (Å²) in [6, 6.07) is 18.9. The van der Waals surface area contributed by atoms with Gasteiger partial charge in [-0.05, 0) is 35.1 Å². The third kappa shape index (κ3) is 8.81. The second-order valence-electron chi connectivity index (χ2n) is 6.47. The van der Waals surface area contributed by atoms with Crippen molar-refractivity contribution in [1.82, 2.24) is 0 Å². The van der Waals surface area contributed by atoms with Gasteiger partial charge in [0.25, 0.3) is 0 Å². The fraction of sp³-hybridized carbons (Fsp3) is 0.417. The summed E-state index contributed by atoms with van der Waals surface area (Å²) in [5.74, 6) is 0. The van der Waals surface area contributed by atoms with Crippen LogP contribution in [0.1, 0.15) is 23.1 Å². The minimum absolute atomic E-state index is 0.591. The van der Waals surface area contributed by atoms with Gasteiger partial charge in [0.15, 0.2) is 0 Å². The zero-order valence-electron chi connectivity index (χ0n) is 16.9. The topological polar surface area (TPSA) is 36.9 Å². The van der Waals surface area contributed by atoms with Crippen LogP contribution in [0.4, 0.5) is 0 Å². The van der Waals surface area contributed by atoms with Crippen LogP contribution in [0.3, 0.4) is 0 Å². The summed E-state index contributed by atoms with van der Waals surface area (Å²) in [6.45, 7) is 8.59. The third-order valence-electron chi connectivity index (χ3n) is 4.35. The molecule has 0 aliphatic rings. The van der Waals surface area contributed by atoms with Gasteiger partial charge in [0.1, 0.15) is 0 Å². The molecule has 0 aliphatic heterocycles. The highest BCUT2D eigenvalue weighted by Gasteiger charge is 2.02. The van der Waals surface area contributed by atoms with Crippen LogP contribution in [0.2, 0.25) is 0 Å². The molecule has 152 valence electrons. The molecule has 0 spiro atoms. The Labute approximate surface area is 169 Å². The first-order chi connectivity index (χ1) is 13.8. The van der Waals surface area contributed by atoms with Crippen molar-refractivity contribution in [3.63, 3.8) is 0 Å². The van der Waals surface area contributed by atoms with E-state index in [2.05, 4.69) is 43.0 Å². The van der Waals surface area contributed by atoms with Crippen LogP contribution in [-0.2, 0) is 25.4 Å².